The van der Waals surface area contributed by atoms with Crippen LogP contribution in [0.3, 0.4) is 0 Å². The number of hydrogen-bond donors (Lipinski definition) is 1. The lowest BCUT2D eigenvalue weighted by atomic mass is 10.2. The van der Waals surface area contributed by atoms with Crippen molar-refractivity contribution >= 4 is 27.2 Å². The third kappa shape index (κ3) is 5.12. The fourth-order valence-corrected chi connectivity index (χ4v) is 4.34. The second kappa shape index (κ2) is 10.3. The van der Waals surface area contributed by atoms with Gasteiger partial charge in [0.05, 0.1) is 22.9 Å². The molecule has 1 aromatic heterocycles. The Morgan fingerprint density at radius 1 is 1.10 bits per heavy atom. The minimum atomic E-state index is 0.128. The number of thiazole rings is 1. The van der Waals surface area contributed by atoms with Crippen LogP contribution in [0, 0.1) is 5.53 Å². The Morgan fingerprint density at radius 2 is 1.86 bits per heavy atom. The second-order valence-corrected chi connectivity index (χ2v) is 8.16. The lowest BCUT2D eigenvalue weighted by molar-refractivity contribution is 0.194. The summed E-state index contributed by atoms with van der Waals surface area (Å²) in [6, 6.07) is 14.5. The first-order valence-electron chi connectivity index (χ1n) is 10.5. The monoisotopic (exact) mass is 410 g/mol. The second-order valence-electron chi connectivity index (χ2n) is 7.15. The lowest BCUT2D eigenvalue weighted by Crippen LogP contribution is -2.16. The summed E-state index contributed by atoms with van der Waals surface area (Å²) in [5.41, 5.74) is 10.5. The molecule has 0 bridgehead atoms. The molecule has 0 saturated heterocycles. The number of ether oxygens (including phenoxy) is 1. The van der Waals surface area contributed by atoms with Crippen LogP contribution in [0.2, 0.25) is 0 Å². The quantitative estimate of drug-likeness (QED) is 0.294. The van der Waals surface area contributed by atoms with Crippen molar-refractivity contribution in [2.24, 2.45) is 10.1 Å². The van der Waals surface area contributed by atoms with Crippen LogP contribution in [0.1, 0.15) is 52.0 Å². The van der Waals surface area contributed by atoms with Gasteiger partial charge in [0, 0.05) is 12.6 Å². The zero-order chi connectivity index (χ0) is 20.6. The molecule has 0 amide bonds. The Hall–Kier alpha value is -2.47. The first kappa shape index (κ1) is 21.2. The molecule has 0 atom stereocenters. The summed E-state index contributed by atoms with van der Waals surface area (Å²) in [5, 5.41) is 3.73. The molecule has 0 spiro atoms. The van der Waals surface area contributed by atoms with E-state index in [0.717, 1.165) is 53.8 Å². The highest BCUT2D eigenvalue weighted by Gasteiger charge is 2.15. The van der Waals surface area contributed by atoms with Gasteiger partial charge < -0.3 is 9.30 Å². The van der Waals surface area contributed by atoms with E-state index >= 15 is 0 Å². The summed E-state index contributed by atoms with van der Waals surface area (Å²) in [7, 11) is 0. The van der Waals surface area contributed by atoms with Crippen molar-refractivity contribution < 1.29 is 4.74 Å². The molecule has 29 heavy (non-hydrogen) atoms. The molecule has 2 aromatic carbocycles. The van der Waals surface area contributed by atoms with E-state index < -0.39 is 0 Å². The first-order chi connectivity index (χ1) is 14.2. The molecule has 0 radical (unpaired) electrons. The highest BCUT2D eigenvalue weighted by Crippen LogP contribution is 2.35. The molecule has 5 nitrogen and oxygen atoms in total. The smallest absolute Gasteiger partial charge is 0.186 e. The van der Waals surface area contributed by atoms with E-state index in [9.17, 15) is 0 Å². The van der Waals surface area contributed by atoms with E-state index in [-0.39, 0.29) is 6.10 Å². The molecule has 0 saturated carbocycles. The molecule has 0 unspecified atom stereocenters. The van der Waals surface area contributed by atoms with Gasteiger partial charge in [-0.05, 0) is 30.9 Å². The molecular weight excluding hydrogens is 380 g/mol. The van der Waals surface area contributed by atoms with Crippen LogP contribution in [0.4, 0.5) is 5.69 Å². The van der Waals surface area contributed by atoms with E-state index in [4.69, 9.17) is 15.3 Å². The molecule has 1 heterocycles. The van der Waals surface area contributed by atoms with Crippen molar-refractivity contribution in [3.05, 3.63) is 52.8 Å². The molecule has 6 heteroatoms. The zero-order valence-corrected chi connectivity index (χ0v) is 18.3. The average molecular weight is 411 g/mol. The van der Waals surface area contributed by atoms with E-state index in [1.54, 1.807) is 11.3 Å². The van der Waals surface area contributed by atoms with E-state index in [0.29, 0.717) is 11.4 Å². The van der Waals surface area contributed by atoms with Gasteiger partial charge in [-0.1, -0.05) is 68.9 Å². The number of nitrogens with zero attached hydrogens (tertiary/aromatic N) is 3. The van der Waals surface area contributed by atoms with Crippen molar-refractivity contribution in [1.82, 2.24) is 4.57 Å². The molecule has 3 aromatic rings. The van der Waals surface area contributed by atoms with Gasteiger partial charge in [-0.15, -0.1) is 0 Å². The fraction of sp³-hybridized carbons (Fsp3) is 0.435. The van der Waals surface area contributed by atoms with Gasteiger partial charge >= 0.3 is 0 Å². The van der Waals surface area contributed by atoms with Gasteiger partial charge in [0.1, 0.15) is 11.4 Å². The molecule has 0 aliphatic heterocycles. The van der Waals surface area contributed by atoms with Crippen LogP contribution < -0.4 is 9.54 Å². The van der Waals surface area contributed by atoms with Crippen molar-refractivity contribution in [2.75, 3.05) is 6.54 Å². The SMILES string of the molecule is CCCC/N=c1/sc2cc(N=N)c(OC(CC)CC)cc2n1Cc1ccccc1. The molecule has 154 valence electrons. The fourth-order valence-electron chi connectivity index (χ4n) is 3.27. The molecule has 3 rings (SSSR count). The number of nitrogens with one attached hydrogen (secondary N) is 1. The van der Waals surface area contributed by atoms with Crippen LogP contribution in [0.25, 0.3) is 10.2 Å². The maximum absolute atomic E-state index is 7.61. The van der Waals surface area contributed by atoms with Gasteiger partial charge in [-0.25, -0.2) is 5.53 Å². The third-order valence-corrected chi connectivity index (χ3v) is 6.11. The minimum absolute atomic E-state index is 0.128. The van der Waals surface area contributed by atoms with Crippen molar-refractivity contribution in [2.45, 2.75) is 59.1 Å². The van der Waals surface area contributed by atoms with Crippen LogP contribution in [0.15, 0.2) is 52.6 Å². The topological polar surface area (TPSA) is 62.7 Å². The Labute approximate surface area is 176 Å². The van der Waals surface area contributed by atoms with Gasteiger partial charge in [0.25, 0.3) is 0 Å². The number of fused-ring (bicyclic) bond motifs is 1. The van der Waals surface area contributed by atoms with E-state index in [2.05, 4.69) is 54.7 Å². The minimum Gasteiger partial charge on any atom is -0.488 e. The molecule has 1 N–H and O–H groups in total. The number of rotatable bonds is 10. The number of benzene rings is 2. The summed E-state index contributed by atoms with van der Waals surface area (Å²) < 4.78 is 9.55. The van der Waals surface area contributed by atoms with Gasteiger partial charge in [-0.2, -0.15) is 5.11 Å². The maximum Gasteiger partial charge on any atom is 0.186 e. The highest BCUT2D eigenvalue weighted by atomic mass is 32.1. The number of aromatic nitrogens is 1. The average Bonchev–Trinajstić information content (AvgIpc) is 3.08. The first-order valence-corrected chi connectivity index (χ1v) is 11.3. The standard InChI is InChI=1S/C23H30N4OS/c1-4-7-13-25-23-27(16-17-11-9-8-10-12-17)20-15-21(28-18(5-2)6-3)19(26-24)14-22(20)29-23/h8-12,14-15,18,24H,4-7,13,16H2,1-3H3/b25-23+,26-24?. The summed E-state index contributed by atoms with van der Waals surface area (Å²) >= 11 is 1.66. The van der Waals surface area contributed by atoms with Crippen LogP contribution >= 0.6 is 11.3 Å². The van der Waals surface area contributed by atoms with Crippen LogP contribution in [-0.4, -0.2) is 17.2 Å². The van der Waals surface area contributed by atoms with Gasteiger partial charge in [0.15, 0.2) is 4.80 Å². The highest BCUT2D eigenvalue weighted by molar-refractivity contribution is 7.16. The zero-order valence-electron chi connectivity index (χ0n) is 17.5. The summed E-state index contributed by atoms with van der Waals surface area (Å²) in [5.74, 6) is 0.681. The third-order valence-electron chi connectivity index (χ3n) is 5.03. The normalized spacial score (nSPS) is 12.1. The van der Waals surface area contributed by atoms with Gasteiger partial charge in [-0.3, -0.25) is 4.99 Å². The van der Waals surface area contributed by atoms with Crippen molar-refractivity contribution in [3.63, 3.8) is 0 Å². The maximum atomic E-state index is 7.61. The Kier molecular flexibility index (Phi) is 7.58. The van der Waals surface area contributed by atoms with Gasteiger partial charge in [0.2, 0.25) is 0 Å². The Morgan fingerprint density at radius 3 is 2.52 bits per heavy atom. The predicted molar refractivity (Wildman–Crippen MR) is 121 cm³/mol. The van der Waals surface area contributed by atoms with Crippen molar-refractivity contribution in [1.29, 1.82) is 5.53 Å². The number of unbranched alkanes of at least 4 members (excludes halogenated alkanes) is 1. The molecule has 0 aliphatic rings. The summed E-state index contributed by atoms with van der Waals surface area (Å²) in [6.07, 6.45) is 4.19. The Balaban J connectivity index is 2.13. The lowest BCUT2D eigenvalue weighted by Gasteiger charge is -2.17. The largest absolute Gasteiger partial charge is 0.488 e. The van der Waals surface area contributed by atoms with Crippen LogP contribution in [-0.2, 0) is 6.54 Å². The van der Waals surface area contributed by atoms with E-state index in [1.165, 1.54) is 5.56 Å². The Bertz CT molecular complexity index is 1000. The molecule has 0 aliphatic carbocycles. The predicted octanol–water partition coefficient (Wildman–Crippen LogP) is 6.68. The summed E-state index contributed by atoms with van der Waals surface area (Å²) in [4.78, 5) is 5.88. The molecule has 0 fully saturated rings. The summed E-state index contributed by atoms with van der Waals surface area (Å²) in [6.45, 7) is 8.00. The number of hydrogen-bond acceptors (Lipinski definition) is 5. The van der Waals surface area contributed by atoms with Crippen molar-refractivity contribution in [3.8, 4) is 5.75 Å². The van der Waals surface area contributed by atoms with E-state index in [1.807, 2.05) is 18.2 Å². The molecular formula is C23H30N4OS. The van der Waals surface area contributed by atoms with Crippen LogP contribution in [0.5, 0.6) is 5.75 Å².